The lowest BCUT2D eigenvalue weighted by atomic mass is 10.0. The van der Waals surface area contributed by atoms with Crippen molar-refractivity contribution in [3.8, 4) is 11.5 Å². The number of ether oxygens (including phenoxy) is 2. The molecule has 1 N–H and O–H groups in total. The topological polar surface area (TPSA) is 105 Å². The molecule has 11 heteroatoms. The smallest absolute Gasteiger partial charge is 0.244 e. The molecular weight excluding hydrogens is 598 g/mol. The van der Waals surface area contributed by atoms with E-state index in [9.17, 15) is 18.0 Å². The molecule has 2 amide bonds. The molecule has 0 aliphatic carbocycles. The van der Waals surface area contributed by atoms with E-state index in [1.165, 1.54) is 18.9 Å². The summed E-state index contributed by atoms with van der Waals surface area (Å²) >= 11 is 3.47. The summed E-state index contributed by atoms with van der Waals surface area (Å²) in [5, 5.41) is 2.67. The fraction of sp³-hybridized carbons (Fsp3) is 0.310. The molecule has 1 aliphatic heterocycles. The summed E-state index contributed by atoms with van der Waals surface area (Å²) in [5.41, 5.74) is 1.93. The number of hydrogen-bond acceptors (Lipinski definition) is 6. The number of carbonyl (C=O) groups is 2. The maximum absolute atomic E-state index is 14.1. The molecule has 0 fully saturated rings. The first-order valence-corrected chi connectivity index (χ1v) is 15.3. The highest BCUT2D eigenvalue weighted by molar-refractivity contribution is 9.10. The minimum atomic E-state index is -3.88. The van der Waals surface area contributed by atoms with Crippen LogP contribution in [0.3, 0.4) is 0 Å². The molecule has 1 atom stereocenters. The van der Waals surface area contributed by atoms with Crippen LogP contribution in [0.5, 0.6) is 11.5 Å². The number of likely N-dealkylation sites (N-methyl/N-ethyl adjacent to an activating group) is 1. The zero-order valence-corrected chi connectivity index (χ0v) is 24.8. The van der Waals surface area contributed by atoms with Crippen molar-refractivity contribution in [2.24, 2.45) is 0 Å². The van der Waals surface area contributed by atoms with Crippen LogP contribution in [0, 0.1) is 0 Å². The normalized spacial score (nSPS) is 13.3. The van der Waals surface area contributed by atoms with Crippen LogP contribution in [0.25, 0.3) is 0 Å². The quantitative estimate of drug-likeness (QED) is 0.346. The number of halogens is 1. The fourth-order valence-electron chi connectivity index (χ4n) is 4.46. The number of nitrogens with zero attached hydrogens (tertiary/aromatic N) is 2. The monoisotopic (exact) mass is 629 g/mol. The third kappa shape index (κ3) is 7.14. The van der Waals surface area contributed by atoms with Crippen molar-refractivity contribution in [3.63, 3.8) is 0 Å². The van der Waals surface area contributed by atoms with E-state index >= 15 is 0 Å². The average Bonchev–Trinajstić information content (AvgIpc) is 2.97. The predicted molar refractivity (Wildman–Crippen MR) is 157 cm³/mol. The first-order chi connectivity index (χ1) is 19.2. The van der Waals surface area contributed by atoms with Gasteiger partial charge in [0.1, 0.15) is 25.8 Å². The largest absolute Gasteiger partial charge is 0.486 e. The number of fused-ring (bicyclic) bond motifs is 1. The van der Waals surface area contributed by atoms with Crippen molar-refractivity contribution in [3.05, 3.63) is 88.4 Å². The van der Waals surface area contributed by atoms with E-state index in [4.69, 9.17) is 9.47 Å². The van der Waals surface area contributed by atoms with Gasteiger partial charge in [-0.2, -0.15) is 0 Å². The summed E-state index contributed by atoms with van der Waals surface area (Å²) in [6.45, 7) is 1.86. The minimum Gasteiger partial charge on any atom is -0.486 e. The predicted octanol–water partition coefficient (Wildman–Crippen LogP) is 3.76. The molecule has 0 saturated carbocycles. The van der Waals surface area contributed by atoms with Gasteiger partial charge in [-0.25, -0.2) is 8.42 Å². The molecule has 3 aromatic rings. The first-order valence-electron chi connectivity index (χ1n) is 12.9. The Morgan fingerprint density at radius 2 is 1.65 bits per heavy atom. The van der Waals surface area contributed by atoms with Crippen LogP contribution in [0.4, 0.5) is 5.69 Å². The van der Waals surface area contributed by atoms with Crippen molar-refractivity contribution in [1.82, 2.24) is 10.2 Å². The Hall–Kier alpha value is -3.57. The van der Waals surface area contributed by atoms with Crippen LogP contribution in [-0.4, -0.2) is 63.7 Å². The lowest BCUT2D eigenvalue weighted by Gasteiger charge is -2.33. The molecule has 4 rings (SSSR count). The molecule has 9 nitrogen and oxygen atoms in total. The Labute approximate surface area is 243 Å². The van der Waals surface area contributed by atoms with E-state index in [1.807, 2.05) is 54.6 Å². The molecule has 212 valence electrons. The van der Waals surface area contributed by atoms with Crippen molar-refractivity contribution in [2.75, 3.05) is 36.9 Å². The number of amides is 2. The second-order valence-electron chi connectivity index (χ2n) is 9.21. The van der Waals surface area contributed by atoms with E-state index in [2.05, 4.69) is 21.2 Å². The second kappa shape index (κ2) is 13.2. The number of benzene rings is 3. The summed E-state index contributed by atoms with van der Waals surface area (Å²) in [6, 6.07) is 20.7. The first kappa shape index (κ1) is 29.4. The Morgan fingerprint density at radius 3 is 2.33 bits per heavy atom. The molecule has 1 heterocycles. The maximum atomic E-state index is 14.1. The molecule has 1 aliphatic rings. The number of hydrogen-bond donors (Lipinski definition) is 1. The van der Waals surface area contributed by atoms with Gasteiger partial charge in [0.15, 0.2) is 11.5 Å². The van der Waals surface area contributed by atoms with Gasteiger partial charge in [-0.05, 0) is 42.3 Å². The summed E-state index contributed by atoms with van der Waals surface area (Å²) in [6.07, 6.45) is 0.255. The van der Waals surface area contributed by atoms with Gasteiger partial charge in [0.2, 0.25) is 21.8 Å². The molecule has 0 radical (unpaired) electrons. The lowest BCUT2D eigenvalue weighted by molar-refractivity contribution is -0.139. The Morgan fingerprint density at radius 1 is 0.950 bits per heavy atom. The molecule has 0 aromatic heterocycles. The Kier molecular flexibility index (Phi) is 9.70. The van der Waals surface area contributed by atoms with Crippen molar-refractivity contribution in [2.45, 2.75) is 25.9 Å². The van der Waals surface area contributed by atoms with E-state index in [-0.39, 0.29) is 30.3 Å². The van der Waals surface area contributed by atoms with Crippen LogP contribution >= 0.6 is 15.9 Å². The number of nitrogens with one attached hydrogen (secondary N) is 1. The summed E-state index contributed by atoms with van der Waals surface area (Å²) in [5.74, 6) is -0.170. The van der Waals surface area contributed by atoms with E-state index in [0.717, 1.165) is 19.9 Å². The van der Waals surface area contributed by atoms with E-state index < -0.39 is 28.5 Å². The molecule has 0 saturated heterocycles. The van der Waals surface area contributed by atoms with Gasteiger partial charge < -0.3 is 19.7 Å². The van der Waals surface area contributed by atoms with Gasteiger partial charge in [-0.15, -0.1) is 0 Å². The number of carbonyl (C=O) groups excluding carboxylic acids is 2. The van der Waals surface area contributed by atoms with Crippen LogP contribution in [0.15, 0.2) is 77.3 Å². The molecule has 0 unspecified atom stereocenters. The molecular formula is C29H32BrN3O6S. The Balaban J connectivity index is 1.73. The number of anilines is 1. The molecule has 0 bridgehead atoms. The van der Waals surface area contributed by atoms with Gasteiger partial charge in [-0.3, -0.25) is 13.9 Å². The maximum Gasteiger partial charge on any atom is 0.244 e. The molecule has 0 spiro atoms. The zero-order chi connectivity index (χ0) is 28.7. The molecule has 40 heavy (non-hydrogen) atoms. The van der Waals surface area contributed by atoms with Crippen LogP contribution < -0.4 is 19.1 Å². The van der Waals surface area contributed by atoms with E-state index in [0.29, 0.717) is 24.7 Å². The summed E-state index contributed by atoms with van der Waals surface area (Å²) in [7, 11) is -2.36. The standard InChI is InChI=1S/C29H32BrN3O6S/c1-3-40(36,37)33(24-12-13-26-27(18-24)39-15-14-38-26)20-28(34)32(19-22-10-7-11-23(30)16-22)25(29(35)31-2)17-21-8-5-4-6-9-21/h4-13,16,18,25H,3,14-15,17,19-20H2,1-2H3,(H,31,35)/t25-/m1/s1. The zero-order valence-electron chi connectivity index (χ0n) is 22.4. The third-order valence-corrected chi connectivity index (χ3v) is 8.79. The van der Waals surface area contributed by atoms with Gasteiger partial charge >= 0.3 is 0 Å². The van der Waals surface area contributed by atoms with Gasteiger partial charge in [-0.1, -0.05) is 58.4 Å². The Bertz CT molecular complexity index is 1450. The fourth-order valence-corrected chi connectivity index (χ4v) is 5.96. The number of rotatable bonds is 11. The highest BCUT2D eigenvalue weighted by Gasteiger charge is 2.33. The van der Waals surface area contributed by atoms with Gasteiger partial charge in [0.25, 0.3) is 0 Å². The summed E-state index contributed by atoms with van der Waals surface area (Å²) in [4.78, 5) is 28.8. The average molecular weight is 631 g/mol. The van der Waals surface area contributed by atoms with Crippen molar-refractivity contribution in [1.29, 1.82) is 0 Å². The highest BCUT2D eigenvalue weighted by Crippen LogP contribution is 2.35. The van der Waals surface area contributed by atoms with Gasteiger partial charge in [0, 0.05) is 30.6 Å². The van der Waals surface area contributed by atoms with Crippen LogP contribution in [-0.2, 0) is 32.6 Å². The summed E-state index contributed by atoms with van der Waals surface area (Å²) < 4.78 is 39.7. The number of sulfonamides is 1. The molecule has 3 aromatic carbocycles. The van der Waals surface area contributed by atoms with Gasteiger partial charge in [0.05, 0.1) is 11.4 Å². The minimum absolute atomic E-state index is 0.102. The SMILES string of the molecule is CCS(=O)(=O)N(CC(=O)N(Cc1cccc(Br)c1)[C@H](Cc1ccccc1)C(=O)NC)c1ccc2c(c1)OCCO2. The van der Waals surface area contributed by atoms with Crippen molar-refractivity contribution >= 4 is 43.5 Å². The second-order valence-corrected chi connectivity index (χ2v) is 12.3. The van der Waals surface area contributed by atoms with Crippen LogP contribution in [0.2, 0.25) is 0 Å². The third-order valence-electron chi connectivity index (χ3n) is 6.55. The van der Waals surface area contributed by atoms with Crippen molar-refractivity contribution < 1.29 is 27.5 Å². The van der Waals surface area contributed by atoms with Crippen LogP contribution in [0.1, 0.15) is 18.1 Å². The highest BCUT2D eigenvalue weighted by atomic mass is 79.9. The lowest BCUT2D eigenvalue weighted by Crippen LogP contribution is -2.53. The van der Waals surface area contributed by atoms with E-state index in [1.54, 1.807) is 18.2 Å².